The van der Waals surface area contributed by atoms with Crippen LogP contribution >= 0.6 is 15.6 Å². The van der Waals surface area contributed by atoms with Gasteiger partial charge in [0, 0.05) is 25.7 Å². The van der Waals surface area contributed by atoms with E-state index in [2.05, 4.69) is 55.4 Å². The lowest BCUT2D eigenvalue weighted by Gasteiger charge is -2.21. The molecule has 0 bridgehead atoms. The van der Waals surface area contributed by atoms with Crippen LogP contribution in [0.1, 0.15) is 383 Å². The van der Waals surface area contributed by atoms with E-state index in [9.17, 15) is 43.2 Å². The summed E-state index contributed by atoms with van der Waals surface area (Å²) in [4.78, 5) is 72.8. The Kier molecular flexibility index (Phi) is 64.0. The van der Waals surface area contributed by atoms with Crippen LogP contribution in [0.2, 0.25) is 0 Å². The Labute approximate surface area is 581 Å². The van der Waals surface area contributed by atoms with E-state index in [1.165, 1.54) is 180 Å². The van der Waals surface area contributed by atoms with Gasteiger partial charge in [-0.2, -0.15) is 0 Å². The van der Waals surface area contributed by atoms with Crippen LogP contribution in [0.15, 0.2) is 0 Å². The molecule has 0 aliphatic carbocycles. The van der Waals surface area contributed by atoms with Crippen molar-refractivity contribution in [3.63, 3.8) is 0 Å². The molecule has 19 heteroatoms. The quantitative estimate of drug-likeness (QED) is 0.0222. The number of aliphatic hydroxyl groups excluding tert-OH is 1. The van der Waals surface area contributed by atoms with Crippen LogP contribution in [-0.4, -0.2) is 96.7 Å². The van der Waals surface area contributed by atoms with E-state index in [-0.39, 0.29) is 25.7 Å². The Balaban J connectivity index is 5.23. The number of unbranched alkanes of at least 4 members (excludes halogenated alkanes) is 38. The molecule has 3 unspecified atom stereocenters. The van der Waals surface area contributed by atoms with Crippen molar-refractivity contribution < 1.29 is 80.2 Å². The zero-order valence-electron chi connectivity index (χ0n) is 62.3. The minimum atomic E-state index is -4.96. The predicted octanol–water partition coefficient (Wildman–Crippen LogP) is 22.0. The van der Waals surface area contributed by atoms with Crippen LogP contribution in [0.25, 0.3) is 0 Å². The summed E-state index contributed by atoms with van der Waals surface area (Å²) < 4.78 is 68.5. The molecular formula is C76H148O17P2. The Morgan fingerprint density at radius 1 is 0.295 bits per heavy atom. The maximum atomic E-state index is 13.1. The average Bonchev–Trinajstić information content (AvgIpc) is 1.15. The van der Waals surface area contributed by atoms with Gasteiger partial charge in [0.25, 0.3) is 0 Å². The van der Waals surface area contributed by atoms with Crippen LogP contribution in [0, 0.1) is 23.7 Å². The van der Waals surface area contributed by atoms with Crippen molar-refractivity contribution in [1.29, 1.82) is 0 Å². The lowest BCUT2D eigenvalue weighted by atomic mass is 9.99. The van der Waals surface area contributed by atoms with Gasteiger partial charge in [-0.05, 0) is 49.4 Å². The molecule has 0 fully saturated rings. The van der Waals surface area contributed by atoms with Gasteiger partial charge >= 0.3 is 39.5 Å². The van der Waals surface area contributed by atoms with Crippen LogP contribution in [-0.2, 0) is 65.4 Å². The molecular weight excluding hydrogens is 1250 g/mol. The zero-order chi connectivity index (χ0) is 70.3. The summed E-state index contributed by atoms with van der Waals surface area (Å²) in [5, 5.41) is 10.6. The van der Waals surface area contributed by atoms with Crippen LogP contribution < -0.4 is 0 Å². The maximum absolute atomic E-state index is 13.1. The minimum Gasteiger partial charge on any atom is -0.462 e. The molecule has 0 radical (unpaired) electrons. The molecule has 0 rings (SSSR count). The highest BCUT2D eigenvalue weighted by molar-refractivity contribution is 7.47. The number of rotatable bonds is 73. The van der Waals surface area contributed by atoms with Crippen LogP contribution in [0.3, 0.4) is 0 Å². The highest BCUT2D eigenvalue weighted by Gasteiger charge is 2.30. The van der Waals surface area contributed by atoms with E-state index in [1.807, 2.05) is 0 Å². The number of hydrogen-bond acceptors (Lipinski definition) is 15. The van der Waals surface area contributed by atoms with Gasteiger partial charge in [-0.3, -0.25) is 37.3 Å². The number of ether oxygens (including phenoxy) is 4. The molecule has 0 aliphatic rings. The Morgan fingerprint density at radius 2 is 0.505 bits per heavy atom. The highest BCUT2D eigenvalue weighted by atomic mass is 31.2. The van der Waals surface area contributed by atoms with Gasteiger partial charge in [-0.25, -0.2) is 9.13 Å². The van der Waals surface area contributed by atoms with Gasteiger partial charge in [-0.1, -0.05) is 331 Å². The Hall–Kier alpha value is -1.94. The Morgan fingerprint density at radius 3 is 0.747 bits per heavy atom. The minimum absolute atomic E-state index is 0.104. The summed E-state index contributed by atoms with van der Waals surface area (Å²) in [6, 6.07) is 0. The van der Waals surface area contributed by atoms with Crippen molar-refractivity contribution in [3.05, 3.63) is 0 Å². The molecule has 0 heterocycles. The summed E-state index contributed by atoms with van der Waals surface area (Å²) in [5.74, 6) is 0.916. The largest absolute Gasteiger partial charge is 0.472 e. The van der Waals surface area contributed by atoms with Crippen molar-refractivity contribution in [1.82, 2.24) is 0 Å². The summed E-state index contributed by atoms with van der Waals surface area (Å²) in [7, 11) is -9.91. The molecule has 0 aromatic rings. The van der Waals surface area contributed by atoms with E-state index < -0.39 is 97.5 Å². The molecule has 6 atom stereocenters. The van der Waals surface area contributed by atoms with Gasteiger partial charge in [0.2, 0.25) is 0 Å². The second-order valence-electron chi connectivity index (χ2n) is 29.1. The number of carbonyl (C=O) groups is 4. The van der Waals surface area contributed by atoms with E-state index in [1.54, 1.807) is 0 Å². The van der Waals surface area contributed by atoms with E-state index in [0.717, 1.165) is 114 Å². The predicted molar refractivity (Wildman–Crippen MR) is 386 cm³/mol. The second kappa shape index (κ2) is 65.4. The summed E-state index contributed by atoms with van der Waals surface area (Å²) >= 11 is 0. The molecule has 0 saturated heterocycles. The first-order valence-electron chi connectivity index (χ1n) is 39.2. The van der Waals surface area contributed by atoms with Gasteiger partial charge in [0.05, 0.1) is 26.4 Å². The number of carbonyl (C=O) groups excluding carboxylic acids is 4. The lowest BCUT2D eigenvalue weighted by molar-refractivity contribution is -0.161. The first-order valence-corrected chi connectivity index (χ1v) is 42.2. The fraction of sp³-hybridized carbons (Fsp3) is 0.947. The molecule has 95 heavy (non-hydrogen) atoms. The van der Waals surface area contributed by atoms with Crippen molar-refractivity contribution in [2.75, 3.05) is 39.6 Å². The molecule has 0 aliphatic heterocycles. The smallest absolute Gasteiger partial charge is 0.462 e. The van der Waals surface area contributed by atoms with Gasteiger partial charge in [-0.15, -0.1) is 0 Å². The molecule has 3 N–H and O–H groups in total. The van der Waals surface area contributed by atoms with Crippen molar-refractivity contribution in [3.8, 4) is 0 Å². The number of aliphatic hydroxyl groups is 1. The number of phosphoric acid groups is 2. The van der Waals surface area contributed by atoms with Crippen molar-refractivity contribution in [2.45, 2.75) is 401 Å². The van der Waals surface area contributed by atoms with E-state index in [0.29, 0.717) is 31.6 Å². The summed E-state index contributed by atoms with van der Waals surface area (Å²) in [5.41, 5.74) is 0. The maximum Gasteiger partial charge on any atom is 0.472 e. The third kappa shape index (κ3) is 69.0. The van der Waals surface area contributed by atoms with E-state index >= 15 is 0 Å². The summed E-state index contributed by atoms with van der Waals surface area (Å²) in [6.45, 7) is 14.2. The van der Waals surface area contributed by atoms with Gasteiger partial charge in [0.1, 0.15) is 19.3 Å². The fourth-order valence-electron chi connectivity index (χ4n) is 11.5. The third-order valence-corrected chi connectivity index (χ3v) is 19.8. The standard InChI is InChI=1S/C76H148O17P2/c1-9-69(8)55-47-39-30-26-27-33-43-51-59-76(81)93-72(63-87-74(79)57-49-41-35-34-38-46-54-68(6)7)65-91-95(84,85)89-61-70(77)60-88-94(82,83)90-64-71(62-86-73(78)56-48-40-31-24-20-17-16-19-23-29-37-45-53-67(4)5)92-75(80)58-50-42-32-25-21-15-13-11-10-12-14-18-22-28-36-44-52-66(2)3/h66-72,77H,9-65H2,1-8H3,(H,82,83)(H,84,85)/t69?,70-,71-,72-/m1/s1. The highest BCUT2D eigenvalue weighted by Crippen LogP contribution is 2.45. The number of phosphoric ester groups is 2. The molecule has 0 saturated carbocycles. The third-order valence-electron chi connectivity index (χ3n) is 17.9. The van der Waals surface area contributed by atoms with Gasteiger partial charge in [0.15, 0.2) is 12.2 Å². The molecule has 0 amide bonds. The second-order valence-corrected chi connectivity index (χ2v) is 32.0. The lowest BCUT2D eigenvalue weighted by Crippen LogP contribution is -2.30. The molecule has 0 aromatic carbocycles. The molecule has 17 nitrogen and oxygen atoms in total. The molecule has 564 valence electrons. The first-order chi connectivity index (χ1) is 45.6. The number of esters is 4. The SMILES string of the molecule is CCC(C)CCCCCCCCCCC(=O)O[C@H](COC(=O)CCCCCCCCC(C)C)COP(=O)(O)OC[C@H](O)COP(=O)(O)OC[C@@H](COC(=O)CCCCCCCCCCCCCCC(C)C)OC(=O)CCCCCCCCCCCCCCCCCCC(C)C. The van der Waals surface area contributed by atoms with Crippen LogP contribution in [0.5, 0.6) is 0 Å². The molecule has 0 aromatic heterocycles. The molecule has 0 spiro atoms. The number of hydrogen-bond donors (Lipinski definition) is 3. The van der Waals surface area contributed by atoms with Crippen molar-refractivity contribution in [2.24, 2.45) is 23.7 Å². The Bertz CT molecular complexity index is 1870. The van der Waals surface area contributed by atoms with Gasteiger partial charge < -0.3 is 33.8 Å². The average molecular weight is 1400 g/mol. The monoisotopic (exact) mass is 1400 g/mol. The summed E-state index contributed by atoms with van der Waals surface area (Å²) in [6.07, 6.45) is 50.1. The van der Waals surface area contributed by atoms with Crippen molar-refractivity contribution >= 4 is 39.5 Å². The normalized spacial score (nSPS) is 14.4. The van der Waals surface area contributed by atoms with Crippen LogP contribution in [0.4, 0.5) is 0 Å². The zero-order valence-corrected chi connectivity index (χ0v) is 64.1. The topological polar surface area (TPSA) is 237 Å². The first kappa shape index (κ1) is 93.1. The van der Waals surface area contributed by atoms with E-state index in [4.69, 9.17) is 37.0 Å². The fourth-order valence-corrected chi connectivity index (χ4v) is 13.1.